The predicted octanol–water partition coefficient (Wildman–Crippen LogP) is 3.90. The highest BCUT2D eigenvalue weighted by Gasteiger charge is 2.46. The van der Waals surface area contributed by atoms with Crippen molar-refractivity contribution >= 4 is 34.3 Å². The number of ether oxygens (including phenoxy) is 1. The minimum Gasteiger partial charge on any atom is -0.451 e. The van der Waals surface area contributed by atoms with Crippen molar-refractivity contribution in [1.29, 1.82) is 0 Å². The third-order valence-electron chi connectivity index (χ3n) is 10.4. The molecule has 1 aromatic carbocycles. The molecule has 1 atom stereocenters. The smallest absolute Gasteiger partial charge is 0.279 e. The third-order valence-corrected chi connectivity index (χ3v) is 12.1. The number of amides is 1. The lowest BCUT2D eigenvalue weighted by molar-refractivity contribution is -0.0387. The van der Waals surface area contributed by atoms with Crippen molar-refractivity contribution in [3.63, 3.8) is 0 Å². The van der Waals surface area contributed by atoms with Crippen molar-refractivity contribution in [2.75, 3.05) is 63.8 Å². The van der Waals surface area contributed by atoms with Gasteiger partial charge in [0.05, 0.1) is 11.8 Å². The summed E-state index contributed by atoms with van der Waals surface area (Å²) in [5.74, 6) is 1.07. The molecule has 1 aliphatic carbocycles. The number of piperazine rings is 1. The van der Waals surface area contributed by atoms with E-state index in [9.17, 15) is 17.6 Å². The van der Waals surface area contributed by atoms with Crippen molar-refractivity contribution < 1.29 is 22.3 Å². The van der Waals surface area contributed by atoms with Crippen LogP contribution in [0.25, 0.3) is 0 Å². The number of benzene rings is 1. The van der Waals surface area contributed by atoms with Crippen LogP contribution >= 0.6 is 12.4 Å². The van der Waals surface area contributed by atoms with Crippen LogP contribution in [0, 0.1) is 17.2 Å². The topological polar surface area (TPSA) is 123 Å². The second kappa shape index (κ2) is 15.7. The van der Waals surface area contributed by atoms with Crippen LogP contribution in [-0.2, 0) is 10.2 Å². The van der Waals surface area contributed by atoms with E-state index in [1.807, 2.05) is 27.7 Å². The first kappa shape index (κ1) is 37.6. The SMILES string of the molecule is CC(C)N(C(=O)c1cc(F)ccc1Oc1cncnc1N1CC[C@@H](CN2CC3(CCC(NS(=O)(=O)N4CCNCC4)CC3)C2)C1)C(C)C.Cl. The number of nitrogens with one attached hydrogen (secondary N) is 2. The van der Waals surface area contributed by atoms with Gasteiger partial charge in [-0.05, 0) is 89.3 Å². The monoisotopic (exact) mass is 722 g/mol. The molecule has 2 N–H and O–H groups in total. The molecule has 4 aliphatic rings. The van der Waals surface area contributed by atoms with Gasteiger partial charge >= 0.3 is 0 Å². The standard InChI is InChI=1S/C34H51FN8O4S.ClH/c1-24(2)43(25(3)4)33(44)29-17-27(35)5-6-30(29)47-31-18-37-23-38-32(31)41-14-9-26(20-41)19-40-21-34(22-40)10-7-28(8-11-34)39-48(45,46)42-15-12-36-13-16-42;/h5-6,17-18,23-26,28,36,39H,7-16,19-22H2,1-4H3;1H/t26-;/m0./s1. The van der Waals surface area contributed by atoms with E-state index in [0.29, 0.717) is 49.1 Å². The number of hydrogen-bond donors (Lipinski definition) is 2. The molecule has 49 heavy (non-hydrogen) atoms. The van der Waals surface area contributed by atoms with Crippen LogP contribution in [0.5, 0.6) is 11.5 Å². The summed E-state index contributed by atoms with van der Waals surface area (Å²) in [6.45, 7) is 15.0. The molecule has 0 radical (unpaired) electrons. The van der Waals surface area contributed by atoms with Gasteiger partial charge in [-0.3, -0.25) is 4.79 Å². The molecular weight excluding hydrogens is 671 g/mol. The molecule has 4 fully saturated rings. The van der Waals surface area contributed by atoms with Gasteiger partial charge in [0, 0.05) is 77.0 Å². The van der Waals surface area contributed by atoms with Gasteiger partial charge in [0.2, 0.25) is 0 Å². The van der Waals surface area contributed by atoms with Crippen LogP contribution in [0.15, 0.2) is 30.7 Å². The third kappa shape index (κ3) is 8.65. The summed E-state index contributed by atoms with van der Waals surface area (Å²) in [6.07, 6.45) is 8.02. The van der Waals surface area contributed by atoms with Crippen molar-refractivity contribution in [3.05, 3.63) is 42.1 Å². The summed E-state index contributed by atoms with van der Waals surface area (Å²) in [5, 5.41) is 3.21. The Labute approximate surface area is 296 Å². The number of aromatic nitrogens is 2. The maximum absolute atomic E-state index is 14.4. The van der Waals surface area contributed by atoms with Crippen molar-refractivity contribution in [2.45, 2.75) is 77.9 Å². The summed E-state index contributed by atoms with van der Waals surface area (Å²) in [6, 6.07) is 3.93. The molecule has 0 unspecified atom stereocenters. The van der Waals surface area contributed by atoms with Crippen molar-refractivity contribution in [1.82, 2.24) is 34.1 Å². The van der Waals surface area contributed by atoms with Crippen molar-refractivity contribution in [3.8, 4) is 11.5 Å². The number of halogens is 2. The number of carbonyl (C=O) groups is 1. The van der Waals surface area contributed by atoms with Gasteiger partial charge in [0.1, 0.15) is 17.9 Å². The molecule has 272 valence electrons. The first-order chi connectivity index (χ1) is 22.9. The molecule has 3 saturated heterocycles. The minimum atomic E-state index is -3.42. The lowest BCUT2D eigenvalue weighted by Crippen LogP contribution is -2.60. The highest BCUT2D eigenvalue weighted by Crippen LogP contribution is 2.45. The van der Waals surface area contributed by atoms with E-state index in [1.165, 1.54) is 24.5 Å². The van der Waals surface area contributed by atoms with Gasteiger partial charge in [-0.15, -0.1) is 12.4 Å². The quantitative estimate of drug-likeness (QED) is 0.356. The van der Waals surface area contributed by atoms with Crippen LogP contribution in [-0.4, -0.2) is 115 Å². The molecule has 15 heteroatoms. The molecule has 1 spiro atoms. The molecule has 1 aromatic heterocycles. The van der Waals surface area contributed by atoms with E-state index in [1.54, 1.807) is 15.4 Å². The van der Waals surface area contributed by atoms with Crippen LogP contribution in [0.3, 0.4) is 0 Å². The highest BCUT2D eigenvalue weighted by atomic mass is 35.5. The van der Waals surface area contributed by atoms with Crippen LogP contribution in [0.2, 0.25) is 0 Å². The number of likely N-dealkylation sites (tertiary alicyclic amines) is 1. The van der Waals surface area contributed by atoms with Gasteiger partial charge in [-0.25, -0.2) is 14.4 Å². The van der Waals surface area contributed by atoms with Gasteiger partial charge in [-0.2, -0.15) is 17.4 Å². The first-order valence-corrected chi connectivity index (χ1v) is 18.9. The zero-order valence-corrected chi connectivity index (χ0v) is 30.7. The number of carbonyl (C=O) groups excluding carboxylic acids is 1. The number of anilines is 1. The van der Waals surface area contributed by atoms with Crippen molar-refractivity contribution in [2.24, 2.45) is 11.3 Å². The second-order valence-corrected chi connectivity index (χ2v) is 16.4. The maximum atomic E-state index is 14.4. The zero-order valence-electron chi connectivity index (χ0n) is 29.1. The van der Waals surface area contributed by atoms with E-state index < -0.39 is 16.0 Å². The van der Waals surface area contributed by atoms with E-state index in [4.69, 9.17) is 4.74 Å². The Balaban J connectivity index is 0.00000468. The molecule has 2 aromatic rings. The molecule has 1 amide bonds. The fourth-order valence-corrected chi connectivity index (χ4v) is 9.58. The molecule has 12 nitrogen and oxygen atoms in total. The molecule has 4 heterocycles. The number of rotatable bonds is 11. The molecule has 3 aliphatic heterocycles. The highest BCUT2D eigenvalue weighted by molar-refractivity contribution is 7.87. The van der Waals surface area contributed by atoms with E-state index in [0.717, 1.165) is 64.8 Å². The fraction of sp³-hybridized carbons (Fsp3) is 0.676. The van der Waals surface area contributed by atoms with Crippen LogP contribution in [0.1, 0.15) is 70.2 Å². The Morgan fingerprint density at radius 2 is 1.78 bits per heavy atom. The summed E-state index contributed by atoms with van der Waals surface area (Å²) >= 11 is 0. The summed E-state index contributed by atoms with van der Waals surface area (Å²) < 4.78 is 50.9. The molecule has 6 rings (SSSR count). The average Bonchev–Trinajstić information content (AvgIpc) is 3.50. The summed E-state index contributed by atoms with van der Waals surface area (Å²) in [4.78, 5) is 28.8. The van der Waals surface area contributed by atoms with Gasteiger partial charge in [-0.1, -0.05) is 0 Å². The number of hydrogen-bond acceptors (Lipinski definition) is 9. The van der Waals surface area contributed by atoms with Gasteiger partial charge in [0.15, 0.2) is 11.6 Å². The lowest BCUT2D eigenvalue weighted by atomic mass is 9.67. The normalized spacial score (nSPS) is 21.9. The minimum absolute atomic E-state index is 0. The Morgan fingerprint density at radius 1 is 1.08 bits per heavy atom. The Bertz CT molecular complexity index is 1540. The summed E-state index contributed by atoms with van der Waals surface area (Å²) in [5.41, 5.74) is 0.470. The van der Waals surface area contributed by atoms with Gasteiger partial charge in [0.25, 0.3) is 16.1 Å². The molecule has 0 bridgehead atoms. The van der Waals surface area contributed by atoms with E-state index in [2.05, 4.69) is 29.8 Å². The predicted molar refractivity (Wildman–Crippen MR) is 190 cm³/mol. The van der Waals surface area contributed by atoms with E-state index >= 15 is 0 Å². The van der Waals surface area contributed by atoms with E-state index in [-0.39, 0.29) is 47.8 Å². The Hall–Kier alpha value is -2.62. The van der Waals surface area contributed by atoms with Crippen LogP contribution in [0.4, 0.5) is 10.2 Å². The molecule has 1 saturated carbocycles. The summed E-state index contributed by atoms with van der Waals surface area (Å²) in [7, 11) is -3.42. The number of nitrogens with zero attached hydrogens (tertiary/aromatic N) is 6. The second-order valence-electron chi connectivity index (χ2n) is 14.7. The van der Waals surface area contributed by atoms with Crippen LogP contribution < -0.4 is 19.7 Å². The molecular formula is C34H52ClFN8O4S. The van der Waals surface area contributed by atoms with Gasteiger partial charge < -0.3 is 24.8 Å². The largest absolute Gasteiger partial charge is 0.451 e. The lowest BCUT2D eigenvalue weighted by Gasteiger charge is -2.54. The average molecular weight is 723 g/mol. The Morgan fingerprint density at radius 3 is 2.45 bits per heavy atom. The first-order valence-electron chi connectivity index (χ1n) is 17.5. The maximum Gasteiger partial charge on any atom is 0.279 e. The zero-order chi connectivity index (χ0) is 34.1. The Kier molecular flexibility index (Phi) is 12.1. The fourth-order valence-electron chi connectivity index (χ4n) is 8.11.